The number of ether oxygens (including phenoxy) is 3. The van der Waals surface area contributed by atoms with E-state index in [0.717, 1.165) is 24.3 Å². The van der Waals surface area contributed by atoms with Crippen LogP contribution in [0.1, 0.15) is 76.7 Å². The van der Waals surface area contributed by atoms with Crippen LogP contribution in [0.5, 0.6) is 17.2 Å². The number of thioether (sulfide) groups is 1. The first-order chi connectivity index (χ1) is 20.5. The minimum atomic E-state index is -4.40. The van der Waals surface area contributed by atoms with Crippen LogP contribution in [0.4, 0.5) is 0 Å². The largest absolute Gasteiger partial charge is 0.527 e. The Balaban J connectivity index is 1.37. The second-order valence-corrected chi connectivity index (χ2v) is 12.7. The van der Waals surface area contributed by atoms with E-state index < -0.39 is 13.9 Å². The van der Waals surface area contributed by atoms with E-state index in [2.05, 4.69) is 11.8 Å². The van der Waals surface area contributed by atoms with Crippen molar-refractivity contribution >= 4 is 19.6 Å². The fourth-order valence-corrected chi connectivity index (χ4v) is 6.05. The first-order valence-electron chi connectivity index (χ1n) is 15.2. The van der Waals surface area contributed by atoms with E-state index >= 15 is 0 Å². The molecule has 10 heteroatoms. The van der Waals surface area contributed by atoms with Crippen LogP contribution in [0.25, 0.3) is 0 Å². The van der Waals surface area contributed by atoms with Crippen LogP contribution in [0, 0.1) is 0 Å². The van der Waals surface area contributed by atoms with E-state index in [0.29, 0.717) is 30.4 Å². The van der Waals surface area contributed by atoms with Gasteiger partial charge in [-0.2, -0.15) is 0 Å². The van der Waals surface area contributed by atoms with Crippen LogP contribution in [0.15, 0.2) is 60.1 Å². The Hall–Kier alpha value is -2.16. The van der Waals surface area contributed by atoms with E-state index in [-0.39, 0.29) is 13.2 Å². The minimum Gasteiger partial charge on any atom is -0.490 e. The maximum Gasteiger partial charge on any atom is 0.527 e. The Labute approximate surface area is 256 Å². The molecule has 1 heterocycles. The average molecular weight is 622 g/mol. The molecule has 1 aliphatic heterocycles. The van der Waals surface area contributed by atoms with Gasteiger partial charge in [-0.15, -0.1) is 11.8 Å². The fourth-order valence-electron chi connectivity index (χ4n) is 4.51. The van der Waals surface area contributed by atoms with Crippen LogP contribution in [-0.2, 0) is 20.4 Å². The Kier molecular flexibility index (Phi) is 16.3. The minimum absolute atomic E-state index is 0.116. The quantitative estimate of drug-likeness (QED) is 0.0969. The standard InChI is InChI=1S/C32H48NO7PS/c1-3-4-5-6-7-8-9-10-11-16-22-37-31-19-14-15-20-32(31)38-25-29(36-2)26-39-41(34,35)40-30-18-13-12-17-28(30)24-33-21-23-42-27-33/h12-15,17-21,23,29H,3-11,16,22,24-27H2,1-2H3,(H,34,35). The molecule has 8 nitrogen and oxygen atoms in total. The Morgan fingerprint density at radius 2 is 1.48 bits per heavy atom. The van der Waals surface area contributed by atoms with E-state index in [1.54, 1.807) is 23.9 Å². The van der Waals surface area contributed by atoms with E-state index in [9.17, 15) is 9.46 Å². The smallest absolute Gasteiger partial charge is 0.490 e. The van der Waals surface area contributed by atoms with Crippen molar-refractivity contribution in [2.24, 2.45) is 0 Å². The van der Waals surface area contributed by atoms with Gasteiger partial charge in [0.1, 0.15) is 18.5 Å². The second-order valence-electron chi connectivity index (χ2n) is 10.4. The van der Waals surface area contributed by atoms with Crippen molar-refractivity contribution < 1.29 is 32.7 Å². The highest BCUT2D eigenvalue weighted by Crippen LogP contribution is 2.45. The van der Waals surface area contributed by atoms with Gasteiger partial charge in [-0.3, -0.25) is 9.42 Å². The number of phosphoric acid groups is 1. The van der Waals surface area contributed by atoms with E-state index in [4.69, 9.17) is 23.3 Å². The number of methoxy groups -OCH3 is 1. The second kappa shape index (κ2) is 19.9. The number of benzene rings is 2. The molecule has 1 aliphatic rings. The zero-order chi connectivity index (χ0) is 29.9. The third-order valence-electron chi connectivity index (χ3n) is 6.95. The Morgan fingerprint density at radius 1 is 0.857 bits per heavy atom. The molecule has 0 bridgehead atoms. The number of phosphoric ester groups is 1. The Morgan fingerprint density at radius 3 is 2.12 bits per heavy atom. The highest BCUT2D eigenvalue weighted by atomic mass is 32.2. The molecule has 0 radical (unpaired) electrons. The zero-order valence-corrected chi connectivity index (χ0v) is 26.9. The highest BCUT2D eigenvalue weighted by Gasteiger charge is 2.27. The first-order valence-corrected chi connectivity index (χ1v) is 17.7. The predicted octanol–water partition coefficient (Wildman–Crippen LogP) is 8.55. The molecule has 0 spiro atoms. The Bertz CT molecular complexity index is 1100. The number of hydrogen-bond donors (Lipinski definition) is 1. The molecule has 2 aromatic carbocycles. The summed E-state index contributed by atoms with van der Waals surface area (Å²) in [6.45, 7) is 3.38. The van der Waals surface area contributed by atoms with Crippen LogP contribution in [-0.4, -0.2) is 48.7 Å². The number of hydrogen-bond acceptors (Lipinski definition) is 8. The van der Waals surface area contributed by atoms with Gasteiger partial charge in [0.05, 0.1) is 19.1 Å². The number of para-hydroxylation sites is 3. The molecule has 0 amide bonds. The molecular weight excluding hydrogens is 573 g/mol. The summed E-state index contributed by atoms with van der Waals surface area (Å²) in [6.07, 6.45) is 14.1. The van der Waals surface area contributed by atoms with Gasteiger partial charge in [0.15, 0.2) is 11.5 Å². The monoisotopic (exact) mass is 621 g/mol. The van der Waals surface area contributed by atoms with E-state index in [1.807, 2.05) is 48.0 Å². The molecular formula is C32H48NO7PS. The first kappa shape index (κ1) is 34.3. The molecule has 2 atom stereocenters. The van der Waals surface area contributed by atoms with Gasteiger partial charge in [-0.25, -0.2) is 4.57 Å². The average Bonchev–Trinajstić information content (AvgIpc) is 3.50. The van der Waals surface area contributed by atoms with Crippen molar-refractivity contribution in [3.8, 4) is 17.2 Å². The summed E-state index contributed by atoms with van der Waals surface area (Å²) in [6, 6.07) is 14.7. The number of rotatable bonds is 23. The van der Waals surface area contributed by atoms with Crippen molar-refractivity contribution in [3.63, 3.8) is 0 Å². The fraction of sp³-hybridized carbons (Fsp3) is 0.562. The van der Waals surface area contributed by atoms with Gasteiger partial charge in [-0.05, 0) is 30.0 Å². The molecule has 0 saturated carbocycles. The number of nitrogens with zero attached hydrogens (tertiary/aromatic N) is 1. The summed E-state index contributed by atoms with van der Waals surface area (Å²) in [7, 11) is -2.89. The lowest BCUT2D eigenvalue weighted by molar-refractivity contribution is 0.0153. The van der Waals surface area contributed by atoms with E-state index in [1.165, 1.54) is 58.5 Å². The van der Waals surface area contributed by atoms with Gasteiger partial charge in [-0.1, -0.05) is 95.0 Å². The summed E-state index contributed by atoms with van der Waals surface area (Å²) in [5, 5.41) is 2.01. The van der Waals surface area contributed by atoms with Crippen molar-refractivity contribution in [3.05, 3.63) is 65.7 Å². The lowest BCUT2D eigenvalue weighted by Crippen LogP contribution is -2.26. The molecule has 0 aliphatic carbocycles. The van der Waals surface area contributed by atoms with Crippen LogP contribution in [0.2, 0.25) is 0 Å². The van der Waals surface area contributed by atoms with Gasteiger partial charge < -0.3 is 23.6 Å². The third kappa shape index (κ3) is 13.4. The molecule has 42 heavy (non-hydrogen) atoms. The molecule has 1 N–H and O–H groups in total. The summed E-state index contributed by atoms with van der Waals surface area (Å²) < 4.78 is 40.9. The van der Waals surface area contributed by atoms with Crippen molar-refractivity contribution in [1.82, 2.24) is 4.90 Å². The van der Waals surface area contributed by atoms with Gasteiger partial charge in [0.2, 0.25) is 0 Å². The molecule has 2 unspecified atom stereocenters. The third-order valence-corrected chi connectivity index (χ3v) is 8.65. The van der Waals surface area contributed by atoms with Crippen LogP contribution >= 0.6 is 19.6 Å². The van der Waals surface area contributed by atoms with Crippen LogP contribution in [0.3, 0.4) is 0 Å². The zero-order valence-electron chi connectivity index (χ0n) is 25.2. The van der Waals surface area contributed by atoms with Gasteiger partial charge in [0.25, 0.3) is 0 Å². The molecule has 2 aromatic rings. The van der Waals surface area contributed by atoms with Gasteiger partial charge >= 0.3 is 7.82 Å². The predicted molar refractivity (Wildman–Crippen MR) is 170 cm³/mol. The molecule has 0 fully saturated rings. The summed E-state index contributed by atoms with van der Waals surface area (Å²) in [5.41, 5.74) is 0.795. The summed E-state index contributed by atoms with van der Waals surface area (Å²) >= 11 is 1.69. The SMILES string of the molecule is CCCCCCCCCCCCOc1ccccc1OCC(COP(=O)(O)Oc1ccccc1CN1C=CSC1)OC. The molecule has 3 rings (SSSR count). The maximum atomic E-state index is 12.8. The number of unbranched alkanes of at least 4 members (excludes halogenated alkanes) is 9. The van der Waals surface area contributed by atoms with Crippen molar-refractivity contribution in [2.45, 2.75) is 83.8 Å². The van der Waals surface area contributed by atoms with Crippen LogP contribution < -0.4 is 14.0 Å². The topological polar surface area (TPSA) is 86.7 Å². The molecule has 234 valence electrons. The van der Waals surface area contributed by atoms with Crippen molar-refractivity contribution in [2.75, 3.05) is 32.8 Å². The normalized spacial score (nSPS) is 15.0. The highest BCUT2D eigenvalue weighted by molar-refractivity contribution is 8.02. The van der Waals surface area contributed by atoms with Crippen molar-refractivity contribution in [1.29, 1.82) is 0 Å². The molecule has 0 aromatic heterocycles. The van der Waals surface area contributed by atoms with Gasteiger partial charge in [0, 0.05) is 25.4 Å². The summed E-state index contributed by atoms with van der Waals surface area (Å²) in [4.78, 5) is 12.5. The molecule has 0 saturated heterocycles. The maximum absolute atomic E-state index is 12.8. The summed E-state index contributed by atoms with van der Waals surface area (Å²) in [5.74, 6) is 2.40. The lowest BCUT2D eigenvalue weighted by atomic mass is 10.1. The lowest BCUT2D eigenvalue weighted by Gasteiger charge is -2.21.